The lowest BCUT2D eigenvalue weighted by atomic mass is 9.97. The van der Waals surface area contributed by atoms with Crippen LogP contribution in [-0.2, 0) is 4.74 Å². The molecule has 2 fully saturated rings. The van der Waals surface area contributed by atoms with E-state index < -0.39 is 5.60 Å². The van der Waals surface area contributed by atoms with Crippen LogP contribution >= 0.6 is 35.7 Å². The van der Waals surface area contributed by atoms with Crippen LogP contribution in [0.2, 0.25) is 0 Å². The molecule has 1 atom stereocenters. The average Bonchev–Trinajstić information content (AvgIpc) is 3.03. The number of guanidine groups is 1. The fourth-order valence-electron chi connectivity index (χ4n) is 3.44. The van der Waals surface area contributed by atoms with Gasteiger partial charge in [-0.15, -0.1) is 24.0 Å². The summed E-state index contributed by atoms with van der Waals surface area (Å²) in [5.41, 5.74) is -0.430. The van der Waals surface area contributed by atoms with Gasteiger partial charge in [-0.2, -0.15) is 11.8 Å². The lowest BCUT2D eigenvalue weighted by Crippen LogP contribution is -2.45. The standard InChI is InChI=1S/C20H38N4O2S.HI/c1-6-21-17(23-15-20(5)10-7-13-27-20)22-14-16-8-11-24(12-9-16)18(25)26-19(2,3)4;/h16H,6-15H2,1-5H3,(H2,21,22,23);1H. The van der Waals surface area contributed by atoms with Crippen LogP contribution in [-0.4, -0.2) is 65.8 Å². The monoisotopic (exact) mass is 526 g/mol. The molecule has 1 unspecified atom stereocenters. The minimum absolute atomic E-state index is 0. The molecule has 0 aromatic carbocycles. The van der Waals surface area contributed by atoms with E-state index in [0.717, 1.165) is 51.5 Å². The maximum absolute atomic E-state index is 12.2. The quantitative estimate of drug-likeness (QED) is 0.321. The molecule has 2 rings (SSSR count). The highest BCUT2D eigenvalue weighted by Gasteiger charge is 2.29. The van der Waals surface area contributed by atoms with Gasteiger partial charge in [0.1, 0.15) is 5.60 Å². The van der Waals surface area contributed by atoms with E-state index in [-0.39, 0.29) is 30.1 Å². The third kappa shape index (κ3) is 8.97. The predicted octanol–water partition coefficient (Wildman–Crippen LogP) is 4.09. The Morgan fingerprint density at radius 1 is 1.29 bits per heavy atom. The number of amides is 1. The molecule has 2 heterocycles. The number of nitrogens with zero attached hydrogens (tertiary/aromatic N) is 2. The average molecular weight is 527 g/mol. The summed E-state index contributed by atoms with van der Waals surface area (Å²) in [4.78, 5) is 18.8. The molecule has 0 aromatic rings. The fourth-order valence-corrected chi connectivity index (χ4v) is 4.66. The topological polar surface area (TPSA) is 66.0 Å². The van der Waals surface area contributed by atoms with Gasteiger partial charge in [0.2, 0.25) is 0 Å². The number of carbonyl (C=O) groups excluding carboxylic acids is 1. The summed E-state index contributed by atoms with van der Waals surface area (Å²) in [6.07, 6.45) is 4.37. The smallest absolute Gasteiger partial charge is 0.410 e. The molecule has 0 aromatic heterocycles. The van der Waals surface area contributed by atoms with Gasteiger partial charge in [-0.05, 0) is 72.0 Å². The highest BCUT2D eigenvalue weighted by Crippen LogP contribution is 2.37. The molecule has 0 saturated carbocycles. The molecule has 164 valence electrons. The van der Waals surface area contributed by atoms with Gasteiger partial charge in [-0.3, -0.25) is 4.99 Å². The van der Waals surface area contributed by atoms with E-state index in [9.17, 15) is 4.79 Å². The summed E-state index contributed by atoms with van der Waals surface area (Å²) in [5.74, 6) is 2.73. The molecule has 0 radical (unpaired) electrons. The molecule has 28 heavy (non-hydrogen) atoms. The molecule has 1 amide bonds. The number of halogens is 1. The van der Waals surface area contributed by atoms with Crippen molar-refractivity contribution < 1.29 is 9.53 Å². The Hall–Kier alpha value is -0.380. The van der Waals surface area contributed by atoms with Crippen molar-refractivity contribution >= 4 is 47.8 Å². The predicted molar refractivity (Wildman–Crippen MR) is 130 cm³/mol. The molecule has 2 aliphatic heterocycles. The molecule has 0 spiro atoms. The van der Waals surface area contributed by atoms with Crippen molar-refractivity contribution in [1.82, 2.24) is 15.5 Å². The Bertz CT molecular complexity index is 511. The highest BCUT2D eigenvalue weighted by molar-refractivity contribution is 14.0. The Labute approximate surface area is 192 Å². The van der Waals surface area contributed by atoms with Crippen LogP contribution in [0.1, 0.15) is 60.3 Å². The number of piperidine rings is 1. The van der Waals surface area contributed by atoms with Gasteiger partial charge in [0, 0.05) is 30.9 Å². The molecule has 6 nitrogen and oxygen atoms in total. The number of nitrogens with one attached hydrogen (secondary N) is 2. The van der Waals surface area contributed by atoms with Crippen molar-refractivity contribution in [2.45, 2.75) is 70.7 Å². The van der Waals surface area contributed by atoms with Crippen LogP contribution in [0.25, 0.3) is 0 Å². The van der Waals surface area contributed by atoms with Crippen molar-refractivity contribution in [2.75, 3.05) is 38.5 Å². The first-order valence-electron chi connectivity index (χ1n) is 10.3. The minimum atomic E-state index is -0.430. The second-order valence-electron chi connectivity index (χ2n) is 8.89. The SMILES string of the molecule is CCNC(=NCC1(C)CCCS1)NCC1CCN(C(=O)OC(C)(C)C)CC1.I. The van der Waals surface area contributed by atoms with E-state index in [2.05, 4.69) is 24.5 Å². The fraction of sp³-hybridized carbons (Fsp3) is 0.900. The molecule has 8 heteroatoms. The number of hydrogen-bond acceptors (Lipinski definition) is 4. The maximum Gasteiger partial charge on any atom is 0.410 e. The van der Waals surface area contributed by atoms with Crippen molar-refractivity contribution in [3.63, 3.8) is 0 Å². The number of likely N-dealkylation sites (tertiary alicyclic amines) is 1. The molecule has 2 N–H and O–H groups in total. The molecule has 2 aliphatic rings. The first-order valence-corrected chi connectivity index (χ1v) is 11.3. The minimum Gasteiger partial charge on any atom is -0.444 e. The number of aliphatic imine (C=N–C) groups is 1. The van der Waals surface area contributed by atoms with Gasteiger partial charge in [0.15, 0.2) is 5.96 Å². The van der Waals surface area contributed by atoms with Gasteiger partial charge in [0.25, 0.3) is 0 Å². The van der Waals surface area contributed by atoms with Crippen LogP contribution in [0.3, 0.4) is 0 Å². The lowest BCUT2D eigenvalue weighted by Gasteiger charge is -2.33. The van der Waals surface area contributed by atoms with Crippen molar-refractivity contribution in [1.29, 1.82) is 0 Å². The molecule has 2 saturated heterocycles. The highest BCUT2D eigenvalue weighted by atomic mass is 127. The summed E-state index contributed by atoms with van der Waals surface area (Å²) in [6, 6.07) is 0. The van der Waals surface area contributed by atoms with E-state index in [1.54, 1.807) is 0 Å². The van der Waals surface area contributed by atoms with Crippen molar-refractivity contribution in [3.8, 4) is 0 Å². The third-order valence-electron chi connectivity index (χ3n) is 5.04. The Balaban J connectivity index is 0.00000392. The van der Waals surface area contributed by atoms with Gasteiger partial charge < -0.3 is 20.3 Å². The number of carbonyl (C=O) groups is 1. The zero-order valence-electron chi connectivity index (χ0n) is 18.2. The molecule has 0 aliphatic carbocycles. The van der Waals surface area contributed by atoms with E-state index in [0.29, 0.717) is 10.7 Å². The van der Waals surface area contributed by atoms with Gasteiger partial charge in [-0.1, -0.05) is 0 Å². The van der Waals surface area contributed by atoms with Crippen LogP contribution in [0.15, 0.2) is 4.99 Å². The molecule has 0 bridgehead atoms. The summed E-state index contributed by atoms with van der Waals surface area (Å²) < 4.78 is 5.77. The Morgan fingerprint density at radius 3 is 2.50 bits per heavy atom. The van der Waals surface area contributed by atoms with Gasteiger partial charge in [0.05, 0.1) is 6.54 Å². The van der Waals surface area contributed by atoms with E-state index in [4.69, 9.17) is 9.73 Å². The maximum atomic E-state index is 12.2. The third-order valence-corrected chi connectivity index (χ3v) is 6.56. The van der Waals surface area contributed by atoms with Gasteiger partial charge in [-0.25, -0.2) is 4.79 Å². The van der Waals surface area contributed by atoms with Gasteiger partial charge >= 0.3 is 6.09 Å². The van der Waals surface area contributed by atoms with Crippen molar-refractivity contribution in [2.24, 2.45) is 10.9 Å². The van der Waals surface area contributed by atoms with Crippen molar-refractivity contribution in [3.05, 3.63) is 0 Å². The summed E-state index contributed by atoms with van der Waals surface area (Å²) in [6.45, 7) is 14.3. The summed E-state index contributed by atoms with van der Waals surface area (Å²) in [5, 5.41) is 6.87. The first-order chi connectivity index (χ1) is 12.7. The van der Waals surface area contributed by atoms with Crippen LogP contribution in [0.4, 0.5) is 4.79 Å². The van der Waals surface area contributed by atoms with E-state index in [1.807, 2.05) is 37.4 Å². The normalized spacial score (nSPS) is 23.9. The Morgan fingerprint density at radius 2 is 1.96 bits per heavy atom. The largest absolute Gasteiger partial charge is 0.444 e. The second kappa shape index (κ2) is 11.7. The zero-order chi connectivity index (χ0) is 19.9. The van der Waals surface area contributed by atoms with Crippen LogP contribution < -0.4 is 10.6 Å². The number of rotatable bonds is 5. The summed E-state index contributed by atoms with van der Waals surface area (Å²) >= 11 is 2.05. The van der Waals surface area contributed by atoms with Crippen LogP contribution in [0.5, 0.6) is 0 Å². The second-order valence-corrected chi connectivity index (χ2v) is 10.6. The number of ether oxygens (including phenoxy) is 1. The first kappa shape index (κ1) is 25.7. The lowest BCUT2D eigenvalue weighted by molar-refractivity contribution is 0.0185. The molecular weight excluding hydrogens is 487 g/mol. The van der Waals surface area contributed by atoms with E-state index >= 15 is 0 Å². The van der Waals surface area contributed by atoms with E-state index in [1.165, 1.54) is 18.6 Å². The molecular formula is C20H39IN4O2S. The Kier molecular flexibility index (Phi) is 10.7. The van der Waals surface area contributed by atoms with Crippen LogP contribution in [0, 0.1) is 5.92 Å². The number of thioether (sulfide) groups is 1. The zero-order valence-corrected chi connectivity index (χ0v) is 21.3. The summed E-state index contributed by atoms with van der Waals surface area (Å²) in [7, 11) is 0. The number of hydrogen-bond donors (Lipinski definition) is 2.